The van der Waals surface area contributed by atoms with E-state index in [0.717, 1.165) is 37.7 Å². The summed E-state index contributed by atoms with van der Waals surface area (Å²) in [7, 11) is 1.30. The molecule has 8 heteroatoms. The number of halogens is 1. The number of nitrogens with one attached hydrogen (secondary N) is 1. The predicted molar refractivity (Wildman–Crippen MR) is 149 cm³/mol. The van der Waals surface area contributed by atoms with E-state index in [1.165, 1.54) is 13.2 Å². The average Bonchev–Trinajstić information content (AvgIpc) is 3.40. The highest BCUT2D eigenvalue weighted by Gasteiger charge is 2.44. The lowest BCUT2D eigenvalue weighted by Crippen LogP contribution is -2.51. The Hall–Kier alpha value is -2.97. The van der Waals surface area contributed by atoms with Crippen molar-refractivity contribution in [2.45, 2.75) is 69.9 Å². The molecule has 2 aliphatic rings. The summed E-state index contributed by atoms with van der Waals surface area (Å²) in [6, 6.07) is 12.5. The van der Waals surface area contributed by atoms with Gasteiger partial charge < -0.3 is 25.8 Å². The number of carbonyl (C=O) groups is 2. The Morgan fingerprint density at radius 2 is 1.97 bits per heavy atom. The summed E-state index contributed by atoms with van der Waals surface area (Å²) in [5.41, 5.74) is 7.53. The van der Waals surface area contributed by atoms with Crippen molar-refractivity contribution < 1.29 is 23.8 Å². The van der Waals surface area contributed by atoms with Crippen molar-refractivity contribution in [3.05, 3.63) is 59.4 Å². The van der Waals surface area contributed by atoms with E-state index in [9.17, 15) is 14.7 Å². The molecule has 1 saturated heterocycles. The molecule has 39 heavy (non-hydrogen) atoms. The van der Waals surface area contributed by atoms with Gasteiger partial charge in [0.05, 0.1) is 18.6 Å². The number of hydrogen-bond donors (Lipinski definition) is 3. The van der Waals surface area contributed by atoms with Crippen molar-refractivity contribution >= 4 is 12.0 Å². The summed E-state index contributed by atoms with van der Waals surface area (Å²) in [5, 5.41) is 15.2. The lowest BCUT2D eigenvalue weighted by molar-refractivity contribution is -0.141. The van der Waals surface area contributed by atoms with Crippen LogP contribution in [0.4, 0.5) is 9.18 Å². The summed E-state index contributed by atoms with van der Waals surface area (Å²) in [5.74, 6) is -0.814. The highest BCUT2D eigenvalue weighted by atomic mass is 19.1. The van der Waals surface area contributed by atoms with Gasteiger partial charge >= 0.3 is 6.09 Å². The van der Waals surface area contributed by atoms with Crippen LogP contribution in [0.1, 0.15) is 63.0 Å². The van der Waals surface area contributed by atoms with E-state index < -0.39 is 17.5 Å². The standard InChI is InChI=1S/C31H42FN3O4/c1-3-21-9-4-10-22(19-21)28-25(13-6-14-26(28)32)31(38,16-8-17-34-30(37)39-2)23-11-7-18-35(20-23)29(36)24-12-5-15-27(24)33/h4,6,9-10,13-14,19,23-24,27,38H,3,5,7-8,11-12,15-18,20,33H2,1-2H3,(H,34,37)/t23?,24-,27+,31+/m0/s1. The predicted octanol–water partition coefficient (Wildman–Crippen LogP) is 4.74. The maximum absolute atomic E-state index is 15.6. The number of aryl methyl sites for hydroxylation is 1. The molecule has 2 aromatic rings. The van der Waals surface area contributed by atoms with Crippen LogP contribution in [-0.4, -0.2) is 54.8 Å². The first-order valence-electron chi connectivity index (χ1n) is 14.2. The molecule has 212 valence electrons. The SMILES string of the molecule is CCc1cccc(-c2c(F)cccc2[C@@](O)(CCCNC(=O)OC)C2CCCN(C(=O)[C@H]3CCC[C@H]3N)C2)c1. The lowest BCUT2D eigenvalue weighted by Gasteiger charge is -2.44. The minimum atomic E-state index is -1.42. The second kappa shape index (κ2) is 12.9. The quantitative estimate of drug-likeness (QED) is 0.399. The third-order valence-corrected chi connectivity index (χ3v) is 8.59. The van der Waals surface area contributed by atoms with Gasteiger partial charge in [0.15, 0.2) is 0 Å². The minimum Gasteiger partial charge on any atom is -0.453 e. The van der Waals surface area contributed by atoms with Crippen LogP contribution in [0.15, 0.2) is 42.5 Å². The Labute approximate surface area is 230 Å². The second-order valence-corrected chi connectivity index (χ2v) is 11.0. The van der Waals surface area contributed by atoms with Crippen molar-refractivity contribution in [2.24, 2.45) is 17.6 Å². The lowest BCUT2D eigenvalue weighted by atomic mass is 9.72. The summed E-state index contributed by atoms with van der Waals surface area (Å²) < 4.78 is 20.3. The molecule has 2 aromatic carbocycles. The van der Waals surface area contributed by atoms with Crippen LogP contribution in [0.3, 0.4) is 0 Å². The molecule has 7 nitrogen and oxygen atoms in total. The third-order valence-electron chi connectivity index (χ3n) is 8.59. The number of aliphatic hydroxyl groups is 1. The average molecular weight is 540 g/mol. The molecule has 1 aliphatic carbocycles. The van der Waals surface area contributed by atoms with Gasteiger partial charge in [-0.2, -0.15) is 0 Å². The molecule has 4 N–H and O–H groups in total. The maximum Gasteiger partial charge on any atom is 0.406 e. The van der Waals surface area contributed by atoms with E-state index in [1.807, 2.05) is 29.2 Å². The number of nitrogens with two attached hydrogens (primary N) is 1. The first kappa shape index (κ1) is 29.0. The van der Waals surface area contributed by atoms with Crippen LogP contribution in [0, 0.1) is 17.7 Å². The smallest absolute Gasteiger partial charge is 0.406 e. The largest absolute Gasteiger partial charge is 0.453 e. The number of rotatable bonds is 9. The van der Waals surface area contributed by atoms with Gasteiger partial charge in [-0.05, 0) is 67.7 Å². The number of benzene rings is 2. The highest BCUT2D eigenvalue weighted by Crippen LogP contribution is 2.44. The van der Waals surface area contributed by atoms with E-state index >= 15 is 4.39 Å². The van der Waals surface area contributed by atoms with E-state index in [-0.39, 0.29) is 30.2 Å². The van der Waals surface area contributed by atoms with E-state index in [1.54, 1.807) is 12.1 Å². The highest BCUT2D eigenvalue weighted by molar-refractivity contribution is 5.80. The number of nitrogens with zero attached hydrogens (tertiary/aromatic N) is 1. The van der Waals surface area contributed by atoms with Gasteiger partial charge in [0, 0.05) is 37.2 Å². The second-order valence-electron chi connectivity index (χ2n) is 11.0. The van der Waals surface area contributed by atoms with Crippen LogP contribution in [0.25, 0.3) is 11.1 Å². The summed E-state index contributed by atoms with van der Waals surface area (Å²) in [4.78, 5) is 26.9. The zero-order valence-electron chi connectivity index (χ0n) is 23.1. The first-order valence-corrected chi connectivity index (χ1v) is 14.2. The normalized spacial score (nSPS) is 22.8. The fraction of sp³-hybridized carbons (Fsp3) is 0.548. The molecule has 0 bridgehead atoms. The number of alkyl carbamates (subject to hydrolysis) is 1. The van der Waals surface area contributed by atoms with Crippen LogP contribution in [0.5, 0.6) is 0 Å². The summed E-state index contributed by atoms with van der Waals surface area (Å²) in [6.45, 7) is 3.37. The van der Waals surface area contributed by atoms with Gasteiger partial charge in [-0.1, -0.05) is 49.7 Å². The van der Waals surface area contributed by atoms with Crippen molar-refractivity contribution in [1.82, 2.24) is 10.2 Å². The molecular formula is C31H42FN3O4. The number of methoxy groups -OCH3 is 1. The van der Waals surface area contributed by atoms with Crippen molar-refractivity contribution in [3.8, 4) is 11.1 Å². The van der Waals surface area contributed by atoms with Crippen LogP contribution in [-0.2, 0) is 21.6 Å². The zero-order chi connectivity index (χ0) is 28.0. The third kappa shape index (κ3) is 6.44. The molecule has 1 heterocycles. The van der Waals surface area contributed by atoms with Gasteiger partial charge in [-0.15, -0.1) is 0 Å². The Bertz CT molecular complexity index is 1160. The molecule has 0 aromatic heterocycles. The Kier molecular flexibility index (Phi) is 9.62. The molecule has 2 fully saturated rings. The van der Waals surface area contributed by atoms with Crippen LogP contribution in [0.2, 0.25) is 0 Å². The summed E-state index contributed by atoms with van der Waals surface area (Å²) in [6.07, 6.45) is 5.07. The fourth-order valence-electron chi connectivity index (χ4n) is 6.40. The van der Waals surface area contributed by atoms with Gasteiger partial charge in [0.25, 0.3) is 0 Å². The molecule has 0 radical (unpaired) electrons. The number of amides is 2. The van der Waals surface area contributed by atoms with E-state index in [4.69, 9.17) is 5.73 Å². The molecule has 4 rings (SSSR count). The van der Waals surface area contributed by atoms with Gasteiger partial charge in [-0.3, -0.25) is 4.79 Å². The number of ether oxygens (including phenoxy) is 1. The van der Waals surface area contributed by atoms with Gasteiger partial charge in [0.2, 0.25) is 5.91 Å². The minimum absolute atomic E-state index is 0.0644. The maximum atomic E-state index is 15.6. The van der Waals surface area contributed by atoms with E-state index in [0.29, 0.717) is 49.2 Å². The van der Waals surface area contributed by atoms with Crippen LogP contribution < -0.4 is 11.1 Å². The molecule has 0 spiro atoms. The van der Waals surface area contributed by atoms with Crippen molar-refractivity contribution in [2.75, 3.05) is 26.7 Å². The molecule has 1 unspecified atom stereocenters. The molecule has 1 saturated carbocycles. The molecular weight excluding hydrogens is 497 g/mol. The number of likely N-dealkylation sites (tertiary alicyclic amines) is 1. The number of piperidine rings is 1. The monoisotopic (exact) mass is 539 g/mol. The fourth-order valence-corrected chi connectivity index (χ4v) is 6.40. The molecule has 4 atom stereocenters. The van der Waals surface area contributed by atoms with Gasteiger partial charge in [0.1, 0.15) is 5.82 Å². The van der Waals surface area contributed by atoms with Crippen LogP contribution >= 0.6 is 0 Å². The van der Waals surface area contributed by atoms with Gasteiger partial charge in [-0.25, -0.2) is 9.18 Å². The topological polar surface area (TPSA) is 105 Å². The van der Waals surface area contributed by atoms with Crippen molar-refractivity contribution in [1.29, 1.82) is 0 Å². The number of carbonyl (C=O) groups excluding carboxylic acids is 2. The Balaban J connectivity index is 1.70. The zero-order valence-corrected chi connectivity index (χ0v) is 23.1. The van der Waals surface area contributed by atoms with Crippen molar-refractivity contribution in [3.63, 3.8) is 0 Å². The molecule has 2 amide bonds. The van der Waals surface area contributed by atoms with E-state index in [2.05, 4.69) is 17.0 Å². The Morgan fingerprint density at radius 1 is 1.18 bits per heavy atom. The first-order chi connectivity index (χ1) is 18.8. The summed E-state index contributed by atoms with van der Waals surface area (Å²) >= 11 is 0. The Morgan fingerprint density at radius 3 is 2.69 bits per heavy atom. The molecule has 1 aliphatic heterocycles. The number of hydrogen-bond acceptors (Lipinski definition) is 5.